The second-order valence-corrected chi connectivity index (χ2v) is 11.0. The highest BCUT2D eigenvalue weighted by Crippen LogP contribution is 2.43. The molecule has 2 amide bonds. The molecular formula is C29H32N4O3S. The van der Waals surface area contributed by atoms with Gasteiger partial charge in [-0.05, 0) is 64.3 Å². The van der Waals surface area contributed by atoms with Crippen LogP contribution in [0, 0.1) is 27.7 Å². The summed E-state index contributed by atoms with van der Waals surface area (Å²) in [5.41, 5.74) is 11.2. The second kappa shape index (κ2) is 10.0. The van der Waals surface area contributed by atoms with E-state index in [1.54, 1.807) is 6.92 Å². The number of rotatable bonds is 5. The van der Waals surface area contributed by atoms with Crippen molar-refractivity contribution in [1.29, 1.82) is 0 Å². The highest BCUT2D eigenvalue weighted by atomic mass is 32.1. The van der Waals surface area contributed by atoms with Gasteiger partial charge in [0, 0.05) is 22.7 Å². The van der Waals surface area contributed by atoms with E-state index in [2.05, 4.69) is 10.6 Å². The number of furan rings is 1. The molecule has 0 radical (unpaired) electrons. The first-order valence-electron chi connectivity index (χ1n) is 12.7. The molecule has 7 nitrogen and oxygen atoms in total. The van der Waals surface area contributed by atoms with Crippen LogP contribution in [0.5, 0.6) is 0 Å². The zero-order valence-electron chi connectivity index (χ0n) is 21.7. The largest absolute Gasteiger partial charge is 0.461 e. The first-order chi connectivity index (χ1) is 17.7. The minimum atomic E-state index is -0.304. The fourth-order valence-corrected chi connectivity index (χ4v) is 6.22. The number of fused-ring (bicyclic) bond motifs is 1. The highest BCUT2D eigenvalue weighted by Gasteiger charge is 2.29. The average molecular weight is 517 g/mol. The minimum absolute atomic E-state index is 0.159. The number of pyridine rings is 1. The van der Waals surface area contributed by atoms with Crippen molar-refractivity contribution in [3.8, 4) is 11.3 Å². The number of carbonyl (C=O) groups excluding carboxylic acids is 2. The predicted molar refractivity (Wildman–Crippen MR) is 149 cm³/mol. The van der Waals surface area contributed by atoms with Crippen molar-refractivity contribution in [3.05, 3.63) is 63.4 Å². The fourth-order valence-electron chi connectivity index (χ4n) is 5.16. The van der Waals surface area contributed by atoms with Gasteiger partial charge in [-0.3, -0.25) is 9.59 Å². The number of nitrogens with two attached hydrogens (primary N) is 1. The smallest absolute Gasteiger partial charge is 0.263 e. The molecule has 8 heteroatoms. The predicted octanol–water partition coefficient (Wildman–Crippen LogP) is 6.69. The molecule has 5 rings (SSSR count). The number of nitrogens with zero attached hydrogens (tertiary/aromatic N) is 1. The van der Waals surface area contributed by atoms with Gasteiger partial charge < -0.3 is 20.8 Å². The van der Waals surface area contributed by atoms with Crippen molar-refractivity contribution in [2.24, 2.45) is 0 Å². The van der Waals surface area contributed by atoms with Gasteiger partial charge in [-0.15, -0.1) is 11.3 Å². The Morgan fingerprint density at radius 2 is 1.78 bits per heavy atom. The number of thiophene rings is 1. The van der Waals surface area contributed by atoms with Crippen LogP contribution in [0.2, 0.25) is 0 Å². The number of carbonyl (C=O) groups is 2. The molecule has 1 aromatic carbocycles. The summed E-state index contributed by atoms with van der Waals surface area (Å²) in [4.78, 5) is 32.7. The number of anilines is 2. The number of nitrogen functional groups attached to an aromatic ring is 1. The topological polar surface area (TPSA) is 110 Å². The number of aryl methyl sites for hydroxylation is 4. The van der Waals surface area contributed by atoms with Crippen LogP contribution in [-0.2, 0) is 0 Å². The van der Waals surface area contributed by atoms with Crippen LogP contribution in [0.15, 0.2) is 34.7 Å². The molecule has 0 aliphatic heterocycles. The molecule has 4 N–H and O–H groups in total. The Hall–Kier alpha value is -3.65. The number of amides is 2. The Bertz CT molecular complexity index is 1510. The van der Waals surface area contributed by atoms with E-state index >= 15 is 0 Å². The van der Waals surface area contributed by atoms with E-state index in [-0.39, 0.29) is 17.9 Å². The number of aromatic nitrogens is 1. The van der Waals surface area contributed by atoms with E-state index in [9.17, 15) is 9.59 Å². The first kappa shape index (κ1) is 25.0. The monoisotopic (exact) mass is 516 g/mol. The lowest BCUT2D eigenvalue weighted by atomic mass is 9.95. The molecular weight excluding hydrogens is 484 g/mol. The molecule has 37 heavy (non-hydrogen) atoms. The lowest BCUT2D eigenvalue weighted by Crippen LogP contribution is -2.36. The summed E-state index contributed by atoms with van der Waals surface area (Å²) in [6, 6.07) is 9.72. The Morgan fingerprint density at radius 3 is 2.46 bits per heavy atom. The van der Waals surface area contributed by atoms with Crippen molar-refractivity contribution in [3.63, 3.8) is 0 Å². The Labute approximate surface area is 220 Å². The van der Waals surface area contributed by atoms with E-state index in [4.69, 9.17) is 15.1 Å². The van der Waals surface area contributed by atoms with Gasteiger partial charge in [-0.2, -0.15) is 0 Å². The maximum atomic E-state index is 13.7. The lowest BCUT2D eigenvalue weighted by molar-refractivity contribution is 0.0932. The van der Waals surface area contributed by atoms with Crippen molar-refractivity contribution < 1.29 is 14.0 Å². The molecule has 0 unspecified atom stereocenters. The van der Waals surface area contributed by atoms with Crippen LogP contribution in [0.1, 0.15) is 74.7 Å². The molecule has 0 bridgehead atoms. The molecule has 1 aliphatic carbocycles. The number of hydrogen-bond donors (Lipinski definition) is 3. The van der Waals surface area contributed by atoms with Gasteiger partial charge in [0.05, 0.1) is 16.9 Å². The van der Waals surface area contributed by atoms with E-state index in [1.165, 1.54) is 17.8 Å². The van der Waals surface area contributed by atoms with E-state index in [0.29, 0.717) is 49.1 Å². The maximum absolute atomic E-state index is 13.7. The summed E-state index contributed by atoms with van der Waals surface area (Å²) >= 11 is 1.26. The maximum Gasteiger partial charge on any atom is 0.263 e. The van der Waals surface area contributed by atoms with E-state index < -0.39 is 0 Å². The Kier molecular flexibility index (Phi) is 6.77. The molecule has 1 aliphatic rings. The summed E-state index contributed by atoms with van der Waals surface area (Å²) in [5.74, 6) is 0.736. The van der Waals surface area contributed by atoms with Crippen molar-refractivity contribution in [1.82, 2.24) is 10.3 Å². The summed E-state index contributed by atoms with van der Waals surface area (Å²) < 4.78 is 6.00. The zero-order chi connectivity index (χ0) is 26.3. The molecule has 3 heterocycles. The Balaban J connectivity index is 1.62. The fraction of sp³-hybridized carbons (Fsp3) is 0.345. The van der Waals surface area contributed by atoms with Crippen molar-refractivity contribution >= 4 is 44.7 Å². The molecule has 0 atom stereocenters. The van der Waals surface area contributed by atoms with Crippen LogP contribution in [0.25, 0.3) is 21.5 Å². The molecule has 192 valence electrons. The van der Waals surface area contributed by atoms with Crippen LogP contribution >= 0.6 is 11.3 Å². The molecule has 0 spiro atoms. The summed E-state index contributed by atoms with van der Waals surface area (Å²) in [5, 5.41) is 6.77. The van der Waals surface area contributed by atoms with Gasteiger partial charge >= 0.3 is 0 Å². The van der Waals surface area contributed by atoms with Gasteiger partial charge in [-0.1, -0.05) is 37.0 Å². The second-order valence-electron chi connectivity index (χ2n) is 9.96. The van der Waals surface area contributed by atoms with Crippen LogP contribution in [-0.4, -0.2) is 22.8 Å². The lowest BCUT2D eigenvalue weighted by Gasteiger charge is -2.22. The molecule has 0 saturated heterocycles. The third-order valence-electron chi connectivity index (χ3n) is 7.05. The van der Waals surface area contributed by atoms with Gasteiger partial charge in [0.15, 0.2) is 0 Å². The van der Waals surface area contributed by atoms with Gasteiger partial charge in [0.2, 0.25) is 0 Å². The van der Waals surface area contributed by atoms with Crippen LogP contribution in [0.4, 0.5) is 11.4 Å². The zero-order valence-corrected chi connectivity index (χ0v) is 22.5. The Morgan fingerprint density at radius 1 is 1.03 bits per heavy atom. The molecule has 3 aromatic heterocycles. The van der Waals surface area contributed by atoms with Gasteiger partial charge in [0.25, 0.3) is 11.8 Å². The number of hydrogen-bond acceptors (Lipinski definition) is 6. The van der Waals surface area contributed by atoms with Gasteiger partial charge in [0.1, 0.15) is 21.2 Å². The van der Waals surface area contributed by atoms with Crippen LogP contribution < -0.4 is 16.4 Å². The average Bonchev–Trinajstić information content (AvgIpc) is 3.43. The summed E-state index contributed by atoms with van der Waals surface area (Å²) in [6.45, 7) is 7.62. The summed E-state index contributed by atoms with van der Waals surface area (Å²) in [7, 11) is 0. The highest BCUT2D eigenvalue weighted by molar-refractivity contribution is 7.21. The number of nitrogens with one attached hydrogen (secondary N) is 2. The summed E-state index contributed by atoms with van der Waals surface area (Å²) in [6.07, 6.45) is 5.41. The van der Waals surface area contributed by atoms with E-state index in [0.717, 1.165) is 42.5 Å². The normalized spacial score (nSPS) is 14.2. The third-order valence-corrected chi connectivity index (χ3v) is 8.15. The molecule has 4 aromatic rings. The minimum Gasteiger partial charge on any atom is -0.461 e. The van der Waals surface area contributed by atoms with Gasteiger partial charge in [-0.25, -0.2) is 4.98 Å². The first-order valence-corrected chi connectivity index (χ1v) is 13.5. The standard InChI is InChI=1S/C29H32N4O3S/c1-15-10-12-20(16(2)14-15)33-27(34)22-18(4)31-29-24(23(22)21-13-11-17(3)36-21)25(30)26(37-29)28(35)32-19-8-6-5-7-9-19/h10-14,19H,5-9,30H2,1-4H3,(H,32,35)(H,33,34). The number of benzene rings is 1. The van der Waals surface area contributed by atoms with Crippen LogP contribution in [0.3, 0.4) is 0 Å². The molecule has 1 fully saturated rings. The van der Waals surface area contributed by atoms with Crippen molar-refractivity contribution in [2.75, 3.05) is 11.1 Å². The van der Waals surface area contributed by atoms with Crippen molar-refractivity contribution in [2.45, 2.75) is 65.8 Å². The molecule has 1 saturated carbocycles. The third kappa shape index (κ3) is 4.85. The SMILES string of the molecule is Cc1ccc(NC(=O)c2c(C)nc3sc(C(=O)NC4CCCCC4)c(N)c3c2-c2ccc(C)o2)c(C)c1. The van der Waals surface area contributed by atoms with E-state index in [1.807, 2.05) is 51.1 Å². The quantitative estimate of drug-likeness (QED) is 0.274.